The Hall–Kier alpha value is -4.29. The lowest BCUT2D eigenvalue weighted by atomic mass is 9.87. The van der Waals surface area contributed by atoms with E-state index in [1.54, 1.807) is 4.90 Å². The number of hydrogen-bond donors (Lipinski definition) is 5. The highest BCUT2D eigenvalue weighted by atomic mass is 16.2. The van der Waals surface area contributed by atoms with Gasteiger partial charge < -0.3 is 37.6 Å². The number of rotatable bonds is 15. The molecule has 2 heterocycles. The maximum atomic E-state index is 13.8. The average molecular weight is 718 g/mol. The predicted octanol–water partition coefficient (Wildman–Crippen LogP) is 2.39. The standard InChI is InChI=1S/C40H59N7O5/c1-23(2)25(5)34(41)39(51)46-21-29-15-9-7-13-27(29)19-32(46)37(49)44-18-12-11-17-31(36(43)48)45-38(50)33-20-28-14-8-10-16-30(28)22-47(33)40(52)35(42)26(6)24(3)4/h7-10,13-16,23-26,31-35H,11-12,17-22,41-42H2,1-6H3,(H2,43,48)(H,44,49)(H,45,50)/t25?,26?,31-,32?,33?,34+,35+/m1/s1. The number of primary amides is 1. The number of nitrogens with zero attached hydrogens (tertiary/aromatic N) is 2. The van der Waals surface area contributed by atoms with E-state index < -0.39 is 42.0 Å². The van der Waals surface area contributed by atoms with Gasteiger partial charge in [0.25, 0.3) is 0 Å². The normalized spacial score (nSPS) is 19.9. The summed E-state index contributed by atoms with van der Waals surface area (Å²) in [4.78, 5) is 70.3. The van der Waals surface area contributed by atoms with Gasteiger partial charge in [0.2, 0.25) is 29.5 Å². The highest BCUT2D eigenvalue weighted by Crippen LogP contribution is 2.28. The maximum absolute atomic E-state index is 13.8. The predicted molar refractivity (Wildman–Crippen MR) is 201 cm³/mol. The third-order valence-electron chi connectivity index (χ3n) is 11.4. The quantitative estimate of drug-likeness (QED) is 0.175. The molecule has 0 aromatic heterocycles. The first kappa shape index (κ1) is 40.5. The Kier molecular flexibility index (Phi) is 14.0. The molecule has 2 aromatic carbocycles. The van der Waals surface area contributed by atoms with E-state index in [9.17, 15) is 24.0 Å². The molecule has 2 aliphatic heterocycles. The van der Waals surface area contributed by atoms with Crippen LogP contribution in [-0.2, 0) is 49.9 Å². The lowest BCUT2D eigenvalue weighted by Crippen LogP contribution is -2.59. The van der Waals surface area contributed by atoms with Gasteiger partial charge in [-0.3, -0.25) is 24.0 Å². The van der Waals surface area contributed by atoms with Crippen LogP contribution in [0, 0.1) is 23.7 Å². The van der Waals surface area contributed by atoms with Gasteiger partial charge in [0.05, 0.1) is 12.1 Å². The summed E-state index contributed by atoms with van der Waals surface area (Å²) in [6.07, 6.45) is 1.92. The number of benzene rings is 2. The Morgan fingerprint density at radius 2 is 1.10 bits per heavy atom. The van der Waals surface area contributed by atoms with Crippen LogP contribution in [-0.4, -0.2) is 76.1 Å². The molecular weight excluding hydrogens is 658 g/mol. The van der Waals surface area contributed by atoms with Crippen molar-refractivity contribution in [3.8, 4) is 0 Å². The number of nitrogens with two attached hydrogens (primary N) is 3. The zero-order valence-electron chi connectivity index (χ0n) is 31.6. The number of carbonyl (C=O) groups is 5. The van der Waals surface area contributed by atoms with Crippen LogP contribution in [0.3, 0.4) is 0 Å². The van der Waals surface area contributed by atoms with Crippen LogP contribution in [0.25, 0.3) is 0 Å². The Bertz CT molecular complexity index is 1600. The van der Waals surface area contributed by atoms with Gasteiger partial charge in [0, 0.05) is 32.5 Å². The van der Waals surface area contributed by atoms with Gasteiger partial charge in [0.15, 0.2) is 0 Å². The van der Waals surface area contributed by atoms with Crippen molar-refractivity contribution in [3.05, 3.63) is 70.8 Å². The lowest BCUT2D eigenvalue weighted by molar-refractivity contribution is -0.144. The molecule has 4 rings (SSSR count). The molecule has 2 aromatic rings. The van der Waals surface area contributed by atoms with Crippen LogP contribution in [0.4, 0.5) is 0 Å². The van der Waals surface area contributed by atoms with Crippen molar-refractivity contribution in [1.29, 1.82) is 0 Å². The zero-order chi connectivity index (χ0) is 38.3. The molecule has 8 N–H and O–H groups in total. The minimum atomic E-state index is -0.965. The van der Waals surface area contributed by atoms with Gasteiger partial charge in [-0.15, -0.1) is 0 Å². The fourth-order valence-corrected chi connectivity index (χ4v) is 7.00. The van der Waals surface area contributed by atoms with E-state index >= 15 is 0 Å². The van der Waals surface area contributed by atoms with Crippen molar-refractivity contribution in [2.24, 2.45) is 40.9 Å². The summed E-state index contributed by atoms with van der Waals surface area (Å²) in [5.41, 5.74) is 22.5. The van der Waals surface area contributed by atoms with E-state index in [0.717, 1.165) is 22.3 Å². The first-order chi connectivity index (χ1) is 24.6. The van der Waals surface area contributed by atoms with Gasteiger partial charge in [-0.25, -0.2) is 0 Å². The van der Waals surface area contributed by atoms with E-state index in [4.69, 9.17) is 17.2 Å². The molecule has 0 saturated carbocycles. The molecule has 12 heteroatoms. The second-order valence-corrected chi connectivity index (χ2v) is 15.4. The fourth-order valence-electron chi connectivity index (χ4n) is 7.00. The Morgan fingerprint density at radius 1 is 0.673 bits per heavy atom. The van der Waals surface area contributed by atoms with Crippen molar-refractivity contribution >= 4 is 29.5 Å². The number of hydrogen-bond acceptors (Lipinski definition) is 7. The molecule has 2 aliphatic rings. The summed E-state index contributed by atoms with van der Waals surface area (Å²) in [5.74, 6) is -1.74. The van der Waals surface area contributed by atoms with Gasteiger partial charge >= 0.3 is 0 Å². The highest BCUT2D eigenvalue weighted by molar-refractivity contribution is 5.93. The van der Waals surface area contributed by atoms with E-state index in [1.165, 1.54) is 4.90 Å². The maximum Gasteiger partial charge on any atom is 0.243 e. The molecule has 0 bridgehead atoms. The number of carbonyl (C=O) groups excluding carboxylic acids is 5. The molecule has 284 valence electrons. The number of amides is 5. The first-order valence-corrected chi connectivity index (χ1v) is 18.7. The summed E-state index contributed by atoms with van der Waals surface area (Å²) in [7, 11) is 0. The van der Waals surface area contributed by atoms with Crippen molar-refractivity contribution in [3.63, 3.8) is 0 Å². The van der Waals surface area contributed by atoms with Gasteiger partial charge in [0.1, 0.15) is 18.1 Å². The Labute approximate surface area is 308 Å². The molecule has 52 heavy (non-hydrogen) atoms. The highest BCUT2D eigenvalue weighted by Gasteiger charge is 2.40. The molecule has 12 nitrogen and oxygen atoms in total. The summed E-state index contributed by atoms with van der Waals surface area (Å²) in [6, 6.07) is 11.5. The summed E-state index contributed by atoms with van der Waals surface area (Å²) < 4.78 is 0. The third-order valence-corrected chi connectivity index (χ3v) is 11.4. The van der Waals surface area contributed by atoms with Crippen LogP contribution in [0.5, 0.6) is 0 Å². The fraction of sp³-hybridized carbons (Fsp3) is 0.575. The topological polar surface area (TPSA) is 194 Å². The van der Waals surface area contributed by atoms with Crippen LogP contribution in [0.15, 0.2) is 48.5 Å². The zero-order valence-corrected chi connectivity index (χ0v) is 31.6. The summed E-state index contributed by atoms with van der Waals surface area (Å²) >= 11 is 0. The SMILES string of the molecule is CC(C)C(C)[C@H](N)C(=O)N1Cc2ccccc2CC1C(=O)NCCCC[C@@H](NC(=O)C1Cc2ccccc2CN1C(=O)[C@@H](N)C(C)C(C)C)C(N)=O. The van der Waals surface area contributed by atoms with Gasteiger partial charge in [-0.05, 0) is 65.2 Å². The van der Waals surface area contributed by atoms with Crippen LogP contribution in [0.1, 0.15) is 83.1 Å². The molecular formula is C40H59N7O5. The Morgan fingerprint density at radius 3 is 1.52 bits per heavy atom. The number of unbranched alkanes of at least 4 members (excludes halogenated alkanes) is 1. The molecule has 0 fully saturated rings. The monoisotopic (exact) mass is 717 g/mol. The summed E-state index contributed by atoms with van der Waals surface area (Å²) in [5, 5.41) is 5.78. The number of fused-ring (bicyclic) bond motifs is 2. The van der Waals surface area contributed by atoms with E-state index in [1.807, 2.05) is 90.1 Å². The number of nitrogens with one attached hydrogen (secondary N) is 2. The minimum absolute atomic E-state index is 0.0595. The lowest BCUT2D eigenvalue weighted by Gasteiger charge is -2.39. The van der Waals surface area contributed by atoms with Crippen LogP contribution < -0.4 is 27.8 Å². The Balaban J connectivity index is 1.36. The average Bonchev–Trinajstić information content (AvgIpc) is 3.13. The molecule has 0 aliphatic carbocycles. The van der Waals surface area contributed by atoms with Crippen molar-refractivity contribution in [2.75, 3.05) is 6.54 Å². The molecule has 0 saturated heterocycles. The van der Waals surface area contributed by atoms with Crippen molar-refractivity contribution < 1.29 is 24.0 Å². The molecule has 5 amide bonds. The third kappa shape index (κ3) is 9.57. The largest absolute Gasteiger partial charge is 0.368 e. The minimum Gasteiger partial charge on any atom is -0.368 e. The second kappa shape index (κ2) is 18.0. The van der Waals surface area contributed by atoms with E-state index in [2.05, 4.69) is 10.6 Å². The van der Waals surface area contributed by atoms with E-state index in [-0.39, 0.29) is 54.4 Å². The van der Waals surface area contributed by atoms with Crippen LogP contribution in [0.2, 0.25) is 0 Å². The van der Waals surface area contributed by atoms with Crippen molar-refractivity contribution in [2.45, 2.75) is 117 Å². The molecule has 0 radical (unpaired) electrons. The summed E-state index contributed by atoms with van der Waals surface area (Å²) in [6.45, 7) is 12.8. The molecule has 7 atom stereocenters. The molecule has 4 unspecified atom stereocenters. The second-order valence-electron chi connectivity index (χ2n) is 15.4. The first-order valence-electron chi connectivity index (χ1n) is 18.7. The van der Waals surface area contributed by atoms with Gasteiger partial charge in [-0.1, -0.05) is 90.1 Å². The smallest absolute Gasteiger partial charge is 0.243 e. The van der Waals surface area contributed by atoms with Crippen molar-refractivity contribution in [1.82, 2.24) is 20.4 Å². The molecule has 0 spiro atoms. The van der Waals surface area contributed by atoms with Gasteiger partial charge in [-0.2, -0.15) is 0 Å². The van der Waals surface area contributed by atoms with Crippen LogP contribution >= 0.6 is 0 Å². The van der Waals surface area contributed by atoms with E-state index in [0.29, 0.717) is 38.8 Å².